The molecule has 0 atom stereocenters. The number of methoxy groups -OCH3 is 2. The quantitative estimate of drug-likeness (QED) is 0.163. The zero-order chi connectivity index (χ0) is 31.4. The van der Waals surface area contributed by atoms with Gasteiger partial charge in [-0.25, -0.2) is 13.8 Å². The highest BCUT2D eigenvalue weighted by Gasteiger charge is 2.28. The number of carbonyl (C=O) groups is 2. The molecular formula is C32H32N4O7S. The van der Waals surface area contributed by atoms with Crippen LogP contribution in [0.5, 0.6) is 17.2 Å². The van der Waals surface area contributed by atoms with Crippen LogP contribution < -0.4 is 29.3 Å². The van der Waals surface area contributed by atoms with Gasteiger partial charge in [-0.2, -0.15) is 5.10 Å². The number of nitrogens with zero attached hydrogens (tertiary/aromatic N) is 2. The van der Waals surface area contributed by atoms with Crippen LogP contribution in [0.4, 0.5) is 5.69 Å². The molecule has 0 saturated heterocycles. The Morgan fingerprint density at radius 2 is 1.48 bits per heavy atom. The van der Waals surface area contributed by atoms with E-state index >= 15 is 0 Å². The predicted molar refractivity (Wildman–Crippen MR) is 166 cm³/mol. The third kappa shape index (κ3) is 8.58. The van der Waals surface area contributed by atoms with E-state index in [4.69, 9.17) is 14.2 Å². The highest BCUT2D eigenvalue weighted by molar-refractivity contribution is 7.92. The van der Waals surface area contributed by atoms with E-state index < -0.39 is 22.5 Å². The van der Waals surface area contributed by atoms with Crippen molar-refractivity contribution in [3.63, 3.8) is 0 Å². The minimum absolute atomic E-state index is 0.0775. The second-order valence-corrected chi connectivity index (χ2v) is 11.1. The average Bonchev–Trinajstić information content (AvgIpc) is 3.06. The van der Waals surface area contributed by atoms with Gasteiger partial charge in [-0.1, -0.05) is 48.5 Å². The summed E-state index contributed by atoms with van der Waals surface area (Å²) in [7, 11) is -1.32. The lowest BCUT2D eigenvalue weighted by Crippen LogP contribution is -2.39. The van der Waals surface area contributed by atoms with Crippen molar-refractivity contribution in [2.45, 2.75) is 11.4 Å². The Morgan fingerprint density at radius 3 is 2.14 bits per heavy atom. The first-order valence-electron chi connectivity index (χ1n) is 13.5. The smallest absolute Gasteiger partial charge is 0.264 e. The van der Waals surface area contributed by atoms with Crippen molar-refractivity contribution in [2.75, 3.05) is 31.7 Å². The molecule has 2 amide bonds. The third-order valence-corrected chi connectivity index (χ3v) is 8.03. The summed E-state index contributed by atoms with van der Waals surface area (Å²) in [6, 6.07) is 28.8. The fourth-order valence-corrected chi connectivity index (χ4v) is 5.44. The van der Waals surface area contributed by atoms with Crippen LogP contribution in [0.3, 0.4) is 0 Å². The summed E-state index contributed by atoms with van der Waals surface area (Å²) >= 11 is 0. The largest absolute Gasteiger partial charge is 0.493 e. The molecule has 44 heavy (non-hydrogen) atoms. The number of carbonyl (C=O) groups excluding carboxylic acids is 2. The molecule has 0 aliphatic heterocycles. The van der Waals surface area contributed by atoms with Crippen LogP contribution >= 0.6 is 0 Å². The summed E-state index contributed by atoms with van der Waals surface area (Å²) < 4.78 is 44.3. The van der Waals surface area contributed by atoms with E-state index in [0.717, 1.165) is 9.87 Å². The lowest BCUT2D eigenvalue weighted by atomic mass is 10.2. The lowest BCUT2D eigenvalue weighted by molar-refractivity contribution is -0.123. The second kappa shape index (κ2) is 15.2. The van der Waals surface area contributed by atoms with Gasteiger partial charge in [-0.3, -0.25) is 13.9 Å². The average molecular weight is 617 g/mol. The Labute approximate surface area is 256 Å². The van der Waals surface area contributed by atoms with Gasteiger partial charge >= 0.3 is 0 Å². The van der Waals surface area contributed by atoms with Crippen molar-refractivity contribution in [3.05, 3.63) is 114 Å². The first-order valence-corrected chi connectivity index (χ1v) is 14.9. The fourth-order valence-electron chi connectivity index (χ4n) is 4.00. The minimum atomic E-state index is -4.18. The third-order valence-electron chi connectivity index (χ3n) is 6.26. The van der Waals surface area contributed by atoms with Gasteiger partial charge < -0.3 is 19.5 Å². The van der Waals surface area contributed by atoms with Gasteiger partial charge in [0.1, 0.15) is 12.3 Å². The molecule has 4 rings (SSSR count). The topological polar surface area (TPSA) is 136 Å². The molecule has 0 aliphatic carbocycles. The van der Waals surface area contributed by atoms with Gasteiger partial charge in [-0.05, 0) is 59.7 Å². The molecule has 0 aliphatic rings. The number of amides is 2. The van der Waals surface area contributed by atoms with E-state index in [2.05, 4.69) is 15.8 Å². The Bertz CT molecular complexity index is 1680. The molecule has 0 saturated carbocycles. The number of hydrogen-bond acceptors (Lipinski definition) is 8. The van der Waals surface area contributed by atoms with Crippen LogP contribution in [0.1, 0.15) is 11.1 Å². The van der Waals surface area contributed by atoms with Crippen LogP contribution in [-0.2, 0) is 26.2 Å². The maximum Gasteiger partial charge on any atom is 0.264 e. The van der Waals surface area contributed by atoms with Crippen molar-refractivity contribution in [1.29, 1.82) is 0 Å². The monoisotopic (exact) mass is 616 g/mol. The molecular weight excluding hydrogens is 584 g/mol. The summed E-state index contributed by atoms with van der Waals surface area (Å²) in [5, 5.41) is 6.76. The molecule has 4 aromatic rings. The SMILES string of the molecule is COc1ccc(S(=O)(=O)N(CC(=O)N/N=C\c2ccc(OCC(=O)NCc3ccccc3)cc2)c2ccccc2)cc1OC. The van der Waals surface area contributed by atoms with Crippen molar-refractivity contribution in [1.82, 2.24) is 10.7 Å². The number of hydrazone groups is 1. The molecule has 0 bridgehead atoms. The van der Waals surface area contributed by atoms with Gasteiger partial charge in [0.25, 0.3) is 21.8 Å². The van der Waals surface area contributed by atoms with Crippen LogP contribution in [0.15, 0.2) is 113 Å². The van der Waals surface area contributed by atoms with Crippen molar-refractivity contribution < 1.29 is 32.2 Å². The highest BCUT2D eigenvalue weighted by Crippen LogP contribution is 2.32. The molecule has 0 aromatic heterocycles. The van der Waals surface area contributed by atoms with Crippen LogP contribution in [0.25, 0.3) is 0 Å². The van der Waals surface area contributed by atoms with Crippen LogP contribution in [-0.4, -0.2) is 53.8 Å². The summed E-state index contributed by atoms with van der Waals surface area (Å²) in [6.45, 7) is -0.257. The molecule has 4 aromatic carbocycles. The lowest BCUT2D eigenvalue weighted by Gasteiger charge is -2.24. The molecule has 228 valence electrons. The van der Waals surface area contributed by atoms with E-state index in [1.165, 1.54) is 38.6 Å². The number of nitrogens with one attached hydrogen (secondary N) is 2. The van der Waals surface area contributed by atoms with Crippen molar-refractivity contribution in [3.8, 4) is 17.2 Å². The van der Waals surface area contributed by atoms with E-state index in [9.17, 15) is 18.0 Å². The van der Waals surface area contributed by atoms with Gasteiger partial charge in [0, 0.05) is 12.6 Å². The number of hydrogen-bond donors (Lipinski definition) is 2. The van der Waals surface area contributed by atoms with E-state index in [1.54, 1.807) is 54.6 Å². The number of benzene rings is 4. The number of sulfonamides is 1. The summed E-state index contributed by atoms with van der Waals surface area (Å²) in [5.41, 5.74) is 4.30. The standard InChI is InChI=1S/C32H32N4O7S/c1-41-29-18-17-28(19-30(29)42-2)44(39,40)36(26-11-7-4-8-12-26)22-31(37)35-34-21-25-13-15-27(16-14-25)43-23-32(38)33-20-24-9-5-3-6-10-24/h3-19,21H,20,22-23H2,1-2H3,(H,33,38)(H,35,37)/b34-21-. The van der Waals surface area contributed by atoms with E-state index in [1.807, 2.05) is 30.3 Å². The Balaban J connectivity index is 1.35. The maximum atomic E-state index is 13.6. The molecule has 12 heteroatoms. The Morgan fingerprint density at radius 1 is 0.818 bits per heavy atom. The summed E-state index contributed by atoms with van der Waals surface area (Å²) in [5.74, 6) is 0.183. The van der Waals surface area contributed by atoms with Crippen LogP contribution in [0, 0.1) is 0 Å². The predicted octanol–water partition coefficient (Wildman–Crippen LogP) is 3.74. The Hall–Kier alpha value is -5.36. The van der Waals surface area contributed by atoms with E-state index in [-0.39, 0.29) is 23.2 Å². The first-order chi connectivity index (χ1) is 21.3. The fraction of sp³-hybridized carbons (Fsp3) is 0.156. The van der Waals surface area contributed by atoms with Gasteiger partial charge in [0.2, 0.25) is 0 Å². The van der Waals surface area contributed by atoms with Gasteiger partial charge in [0.05, 0.1) is 31.0 Å². The van der Waals surface area contributed by atoms with E-state index in [0.29, 0.717) is 29.3 Å². The maximum absolute atomic E-state index is 13.6. The van der Waals surface area contributed by atoms with Gasteiger partial charge in [-0.15, -0.1) is 0 Å². The molecule has 0 unspecified atom stereocenters. The second-order valence-electron chi connectivity index (χ2n) is 9.28. The first kappa shape index (κ1) is 31.6. The highest BCUT2D eigenvalue weighted by atomic mass is 32.2. The molecule has 0 fully saturated rings. The summed E-state index contributed by atoms with van der Waals surface area (Å²) in [4.78, 5) is 24.8. The van der Waals surface area contributed by atoms with Crippen molar-refractivity contribution in [2.24, 2.45) is 5.10 Å². The number of rotatable bonds is 14. The van der Waals surface area contributed by atoms with Gasteiger partial charge in [0.15, 0.2) is 18.1 Å². The zero-order valence-corrected chi connectivity index (χ0v) is 25.0. The zero-order valence-electron chi connectivity index (χ0n) is 24.2. The Kier molecular flexibility index (Phi) is 10.9. The number of anilines is 1. The van der Waals surface area contributed by atoms with Crippen molar-refractivity contribution >= 4 is 33.7 Å². The van der Waals surface area contributed by atoms with Crippen LogP contribution in [0.2, 0.25) is 0 Å². The molecule has 2 N–H and O–H groups in total. The number of para-hydroxylation sites is 1. The molecule has 11 nitrogen and oxygen atoms in total. The molecule has 0 spiro atoms. The normalized spacial score (nSPS) is 11.0. The summed E-state index contributed by atoms with van der Waals surface area (Å²) in [6.07, 6.45) is 1.41. The number of ether oxygens (including phenoxy) is 3. The molecule has 0 heterocycles. The minimum Gasteiger partial charge on any atom is -0.493 e. The molecule has 0 radical (unpaired) electrons.